The molecule has 1 aliphatic rings. The number of aliphatic hydroxyl groups is 1. The van der Waals surface area contributed by atoms with Crippen LogP contribution in [0.15, 0.2) is 0 Å². The second-order valence-corrected chi connectivity index (χ2v) is 7.00. The Morgan fingerprint density at radius 3 is 2.35 bits per heavy atom. The molecule has 1 saturated heterocycles. The smallest absolute Gasteiger partial charge is 0.279 e. The fourth-order valence-electron chi connectivity index (χ4n) is 2.38. The zero-order chi connectivity index (χ0) is 13.1. The highest BCUT2D eigenvalue weighted by atomic mass is 32.2. The molecule has 17 heavy (non-hydrogen) atoms. The summed E-state index contributed by atoms with van der Waals surface area (Å²) in [7, 11) is -3.40. The van der Waals surface area contributed by atoms with Crippen molar-refractivity contribution in [3.8, 4) is 0 Å². The van der Waals surface area contributed by atoms with Crippen LogP contribution in [0.1, 0.15) is 33.6 Å². The Labute approximate surface area is 104 Å². The maximum atomic E-state index is 12.1. The Morgan fingerprint density at radius 2 is 1.88 bits per heavy atom. The van der Waals surface area contributed by atoms with Crippen molar-refractivity contribution in [3.63, 3.8) is 0 Å². The first-order valence-electron chi connectivity index (χ1n) is 6.23. The van der Waals surface area contributed by atoms with Crippen molar-refractivity contribution < 1.29 is 13.5 Å². The molecule has 1 aliphatic heterocycles. The van der Waals surface area contributed by atoms with Gasteiger partial charge < -0.3 is 5.11 Å². The van der Waals surface area contributed by atoms with Gasteiger partial charge in [-0.2, -0.15) is 17.4 Å². The Balaban J connectivity index is 2.63. The van der Waals surface area contributed by atoms with Crippen LogP contribution in [0.5, 0.6) is 0 Å². The van der Waals surface area contributed by atoms with Crippen molar-refractivity contribution in [1.82, 2.24) is 9.03 Å². The third-order valence-corrected chi connectivity index (χ3v) is 4.77. The number of aliphatic hydroxyl groups excluding tert-OH is 1. The molecule has 0 bridgehead atoms. The van der Waals surface area contributed by atoms with Crippen molar-refractivity contribution in [2.75, 3.05) is 19.7 Å². The predicted molar refractivity (Wildman–Crippen MR) is 67.7 cm³/mol. The standard InChI is InChI=1S/C11H24N2O3S/c1-9-6-10(2)8-13(7-9)17(15,16)12-11(3)4-5-14/h9-12,14H,4-8H2,1-3H3. The largest absolute Gasteiger partial charge is 0.396 e. The van der Waals surface area contributed by atoms with Crippen LogP contribution in [0.4, 0.5) is 0 Å². The summed E-state index contributed by atoms with van der Waals surface area (Å²) in [6.45, 7) is 7.10. The molecule has 1 heterocycles. The summed E-state index contributed by atoms with van der Waals surface area (Å²) in [6.07, 6.45) is 1.52. The van der Waals surface area contributed by atoms with Gasteiger partial charge >= 0.3 is 0 Å². The van der Waals surface area contributed by atoms with Crippen molar-refractivity contribution in [1.29, 1.82) is 0 Å². The average Bonchev–Trinajstić information content (AvgIpc) is 2.15. The van der Waals surface area contributed by atoms with Gasteiger partial charge in [-0.25, -0.2) is 0 Å². The summed E-state index contributed by atoms with van der Waals surface area (Å²) in [5.41, 5.74) is 0. The van der Waals surface area contributed by atoms with Crippen LogP contribution in [0.3, 0.4) is 0 Å². The van der Waals surface area contributed by atoms with Gasteiger partial charge in [-0.05, 0) is 31.6 Å². The summed E-state index contributed by atoms with van der Waals surface area (Å²) in [5.74, 6) is 0.812. The Morgan fingerprint density at radius 1 is 1.35 bits per heavy atom. The lowest BCUT2D eigenvalue weighted by molar-refractivity contribution is 0.218. The molecule has 3 unspecified atom stereocenters. The summed E-state index contributed by atoms with van der Waals surface area (Å²) in [6, 6.07) is -0.225. The van der Waals surface area contributed by atoms with Gasteiger partial charge in [0.2, 0.25) is 0 Å². The minimum atomic E-state index is -3.40. The van der Waals surface area contributed by atoms with Crippen LogP contribution < -0.4 is 4.72 Å². The molecule has 0 aromatic rings. The van der Waals surface area contributed by atoms with E-state index in [1.807, 2.05) is 0 Å². The number of piperidine rings is 1. The van der Waals surface area contributed by atoms with Gasteiger partial charge in [0, 0.05) is 25.7 Å². The Bertz CT molecular complexity index is 322. The van der Waals surface area contributed by atoms with E-state index in [2.05, 4.69) is 18.6 Å². The summed E-state index contributed by atoms with van der Waals surface area (Å²) >= 11 is 0. The first-order valence-corrected chi connectivity index (χ1v) is 7.67. The number of nitrogens with one attached hydrogen (secondary N) is 1. The molecule has 0 amide bonds. The molecule has 0 aliphatic carbocycles. The van der Waals surface area contributed by atoms with E-state index in [0.717, 1.165) is 6.42 Å². The van der Waals surface area contributed by atoms with Gasteiger partial charge in [0.15, 0.2) is 0 Å². The molecule has 1 fully saturated rings. The van der Waals surface area contributed by atoms with Gasteiger partial charge in [-0.3, -0.25) is 0 Å². The normalized spacial score (nSPS) is 29.2. The molecule has 3 atom stereocenters. The van der Waals surface area contributed by atoms with E-state index in [9.17, 15) is 8.42 Å². The van der Waals surface area contributed by atoms with Gasteiger partial charge in [-0.15, -0.1) is 0 Å². The van der Waals surface area contributed by atoms with Gasteiger partial charge in [0.25, 0.3) is 10.2 Å². The Kier molecular flexibility index (Phi) is 5.37. The first-order chi connectivity index (χ1) is 7.85. The highest BCUT2D eigenvalue weighted by molar-refractivity contribution is 7.87. The quantitative estimate of drug-likeness (QED) is 0.763. The molecular weight excluding hydrogens is 240 g/mol. The first kappa shape index (κ1) is 14.9. The van der Waals surface area contributed by atoms with Crippen LogP contribution in [0.2, 0.25) is 0 Å². The highest BCUT2D eigenvalue weighted by Gasteiger charge is 2.30. The van der Waals surface area contributed by atoms with E-state index in [0.29, 0.717) is 31.3 Å². The highest BCUT2D eigenvalue weighted by Crippen LogP contribution is 2.22. The summed E-state index contributed by atoms with van der Waals surface area (Å²) < 4.78 is 28.3. The Hall–Kier alpha value is -0.170. The van der Waals surface area contributed by atoms with E-state index in [-0.39, 0.29) is 12.6 Å². The predicted octanol–water partition coefficient (Wildman–Crippen LogP) is 0.570. The molecule has 5 nitrogen and oxygen atoms in total. The number of nitrogens with zero attached hydrogens (tertiary/aromatic N) is 1. The minimum absolute atomic E-state index is 0.00348. The monoisotopic (exact) mass is 264 g/mol. The van der Waals surface area contributed by atoms with E-state index in [1.165, 1.54) is 4.31 Å². The van der Waals surface area contributed by atoms with Crippen molar-refractivity contribution in [3.05, 3.63) is 0 Å². The van der Waals surface area contributed by atoms with E-state index in [4.69, 9.17) is 5.11 Å². The third-order valence-electron chi connectivity index (χ3n) is 3.09. The van der Waals surface area contributed by atoms with Crippen molar-refractivity contribution in [2.24, 2.45) is 11.8 Å². The fraction of sp³-hybridized carbons (Fsp3) is 1.00. The SMILES string of the molecule is CC1CC(C)CN(S(=O)(=O)NC(C)CCO)C1. The lowest BCUT2D eigenvalue weighted by Crippen LogP contribution is -2.50. The maximum Gasteiger partial charge on any atom is 0.279 e. The molecule has 1 rings (SSSR count). The van der Waals surface area contributed by atoms with Crippen LogP contribution in [0, 0.1) is 11.8 Å². The molecule has 0 saturated carbocycles. The van der Waals surface area contributed by atoms with Gasteiger partial charge in [0.05, 0.1) is 0 Å². The molecule has 102 valence electrons. The number of hydrogen-bond donors (Lipinski definition) is 2. The van der Waals surface area contributed by atoms with Crippen LogP contribution >= 0.6 is 0 Å². The number of hydrogen-bond acceptors (Lipinski definition) is 3. The summed E-state index contributed by atoms with van der Waals surface area (Å²) in [4.78, 5) is 0. The zero-order valence-corrected chi connectivity index (χ0v) is 11.7. The van der Waals surface area contributed by atoms with Crippen LogP contribution in [0.25, 0.3) is 0 Å². The van der Waals surface area contributed by atoms with Crippen LogP contribution in [-0.4, -0.2) is 43.6 Å². The third kappa shape index (κ3) is 4.54. The van der Waals surface area contributed by atoms with E-state index in [1.54, 1.807) is 6.92 Å². The van der Waals surface area contributed by atoms with Gasteiger partial charge in [-0.1, -0.05) is 13.8 Å². The average molecular weight is 264 g/mol. The molecule has 2 N–H and O–H groups in total. The fourth-order valence-corrected chi connectivity index (χ4v) is 4.06. The van der Waals surface area contributed by atoms with Crippen molar-refractivity contribution >= 4 is 10.2 Å². The van der Waals surface area contributed by atoms with E-state index < -0.39 is 10.2 Å². The molecule has 0 spiro atoms. The molecular formula is C11H24N2O3S. The topological polar surface area (TPSA) is 69.6 Å². The molecule has 0 radical (unpaired) electrons. The van der Waals surface area contributed by atoms with E-state index >= 15 is 0 Å². The maximum absolute atomic E-state index is 12.1. The zero-order valence-electron chi connectivity index (χ0n) is 10.9. The molecule has 6 heteroatoms. The second-order valence-electron chi connectivity index (χ2n) is 5.30. The summed E-state index contributed by atoms with van der Waals surface area (Å²) in [5, 5.41) is 8.78. The molecule has 0 aromatic carbocycles. The second kappa shape index (κ2) is 6.13. The minimum Gasteiger partial charge on any atom is -0.396 e. The van der Waals surface area contributed by atoms with Crippen molar-refractivity contribution in [2.45, 2.75) is 39.7 Å². The van der Waals surface area contributed by atoms with Gasteiger partial charge in [0.1, 0.15) is 0 Å². The number of rotatable bonds is 5. The lowest BCUT2D eigenvalue weighted by atomic mass is 9.94. The van der Waals surface area contributed by atoms with Crippen LogP contribution in [-0.2, 0) is 10.2 Å². The lowest BCUT2D eigenvalue weighted by Gasteiger charge is -2.34. The molecule has 0 aromatic heterocycles.